The molecule has 0 saturated carbocycles. The Labute approximate surface area is 152 Å². The van der Waals surface area contributed by atoms with Gasteiger partial charge in [0.25, 0.3) is 0 Å². The largest absolute Gasteiger partial charge is 0.497 e. The number of methoxy groups -OCH3 is 1. The first-order valence-electron chi connectivity index (χ1n) is 8.26. The van der Waals surface area contributed by atoms with Crippen LogP contribution in [0.4, 0.5) is 4.39 Å². The van der Waals surface area contributed by atoms with Crippen molar-refractivity contribution in [3.05, 3.63) is 71.7 Å². The van der Waals surface area contributed by atoms with Gasteiger partial charge in [-0.3, -0.25) is 10.00 Å². The zero-order valence-corrected chi connectivity index (χ0v) is 14.6. The molecule has 1 N–H and O–H groups in total. The van der Waals surface area contributed by atoms with Gasteiger partial charge in [-0.15, -0.1) is 6.42 Å². The van der Waals surface area contributed by atoms with Gasteiger partial charge < -0.3 is 4.74 Å². The number of aromatic amines is 1. The molecule has 5 heteroatoms. The maximum Gasteiger partial charge on any atom is 0.123 e. The maximum atomic E-state index is 13.2. The summed E-state index contributed by atoms with van der Waals surface area (Å²) in [6, 6.07) is 14.3. The molecule has 3 rings (SSSR count). The van der Waals surface area contributed by atoms with E-state index in [4.69, 9.17) is 11.2 Å². The molecule has 0 aliphatic carbocycles. The van der Waals surface area contributed by atoms with E-state index in [2.05, 4.69) is 21.0 Å². The third-order valence-electron chi connectivity index (χ3n) is 4.12. The van der Waals surface area contributed by atoms with Gasteiger partial charge in [-0.2, -0.15) is 5.10 Å². The minimum Gasteiger partial charge on any atom is -0.497 e. The van der Waals surface area contributed by atoms with Crippen molar-refractivity contribution in [1.82, 2.24) is 15.1 Å². The summed E-state index contributed by atoms with van der Waals surface area (Å²) in [6.07, 6.45) is 7.33. The van der Waals surface area contributed by atoms with Crippen molar-refractivity contribution in [3.8, 4) is 29.4 Å². The second-order valence-corrected chi connectivity index (χ2v) is 5.97. The van der Waals surface area contributed by atoms with Crippen LogP contribution in [0.1, 0.15) is 11.1 Å². The van der Waals surface area contributed by atoms with Crippen LogP contribution in [0, 0.1) is 18.2 Å². The molecule has 3 aromatic rings. The number of hydrogen-bond acceptors (Lipinski definition) is 3. The predicted molar refractivity (Wildman–Crippen MR) is 99.9 cm³/mol. The van der Waals surface area contributed by atoms with Gasteiger partial charge in [-0.25, -0.2) is 4.39 Å². The Bertz CT molecular complexity index is 879. The molecule has 0 unspecified atom stereocenters. The van der Waals surface area contributed by atoms with E-state index in [9.17, 15) is 4.39 Å². The number of rotatable bonds is 7. The summed E-state index contributed by atoms with van der Waals surface area (Å²) in [5, 5.41) is 7.15. The molecule has 26 heavy (non-hydrogen) atoms. The molecule has 132 valence electrons. The van der Waals surface area contributed by atoms with Crippen LogP contribution >= 0.6 is 0 Å². The SMILES string of the molecule is C#CCN(Cc1ccc(OC)cc1)Cc1cn[nH]c1-c1ccc(F)cc1. The van der Waals surface area contributed by atoms with Gasteiger partial charge >= 0.3 is 0 Å². The molecular formula is C21H20FN3O. The number of nitrogens with one attached hydrogen (secondary N) is 1. The lowest BCUT2D eigenvalue weighted by molar-refractivity contribution is 0.291. The summed E-state index contributed by atoms with van der Waals surface area (Å²) in [5.41, 5.74) is 3.93. The van der Waals surface area contributed by atoms with E-state index < -0.39 is 0 Å². The Morgan fingerprint density at radius 2 is 1.85 bits per heavy atom. The Morgan fingerprint density at radius 3 is 2.50 bits per heavy atom. The molecule has 0 atom stereocenters. The van der Waals surface area contributed by atoms with Crippen LogP contribution in [0.25, 0.3) is 11.3 Å². The number of H-pyrrole nitrogens is 1. The van der Waals surface area contributed by atoms with Crippen molar-refractivity contribution in [1.29, 1.82) is 0 Å². The van der Waals surface area contributed by atoms with Crippen LogP contribution in [-0.4, -0.2) is 28.8 Å². The van der Waals surface area contributed by atoms with Gasteiger partial charge in [0.15, 0.2) is 0 Å². The Morgan fingerprint density at radius 1 is 1.12 bits per heavy atom. The minimum absolute atomic E-state index is 0.261. The molecule has 0 aliphatic rings. The third-order valence-corrected chi connectivity index (χ3v) is 4.12. The normalized spacial score (nSPS) is 10.7. The summed E-state index contributed by atoms with van der Waals surface area (Å²) in [5.74, 6) is 3.27. The second kappa shape index (κ2) is 8.32. The van der Waals surface area contributed by atoms with E-state index in [1.165, 1.54) is 12.1 Å². The lowest BCUT2D eigenvalue weighted by Gasteiger charge is -2.20. The summed E-state index contributed by atoms with van der Waals surface area (Å²) < 4.78 is 18.4. The van der Waals surface area contributed by atoms with Crippen molar-refractivity contribution in [2.24, 2.45) is 0 Å². The van der Waals surface area contributed by atoms with Gasteiger partial charge in [0.2, 0.25) is 0 Å². The number of hydrogen-bond donors (Lipinski definition) is 1. The first kappa shape index (κ1) is 17.7. The van der Waals surface area contributed by atoms with Crippen molar-refractivity contribution in [3.63, 3.8) is 0 Å². The summed E-state index contributed by atoms with van der Waals surface area (Å²) in [6.45, 7) is 1.86. The zero-order chi connectivity index (χ0) is 18.4. The highest BCUT2D eigenvalue weighted by atomic mass is 19.1. The van der Waals surface area contributed by atoms with Gasteiger partial charge in [0, 0.05) is 24.2 Å². The highest BCUT2D eigenvalue weighted by Crippen LogP contribution is 2.23. The third kappa shape index (κ3) is 4.29. The summed E-state index contributed by atoms with van der Waals surface area (Å²) in [7, 11) is 1.65. The van der Waals surface area contributed by atoms with E-state index >= 15 is 0 Å². The van der Waals surface area contributed by atoms with Crippen LogP contribution in [0.15, 0.2) is 54.7 Å². The maximum absolute atomic E-state index is 13.2. The van der Waals surface area contributed by atoms with Crippen LogP contribution in [0.5, 0.6) is 5.75 Å². The lowest BCUT2D eigenvalue weighted by Crippen LogP contribution is -2.23. The highest BCUT2D eigenvalue weighted by molar-refractivity contribution is 5.62. The lowest BCUT2D eigenvalue weighted by atomic mass is 10.1. The monoisotopic (exact) mass is 349 g/mol. The molecule has 0 spiro atoms. The summed E-state index contributed by atoms with van der Waals surface area (Å²) in [4.78, 5) is 2.15. The average Bonchev–Trinajstić information content (AvgIpc) is 3.11. The smallest absolute Gasteiger partial charge is 0.123 e. The fourth-order valence-electron chi connectivity index (χ4n) is 2.82. The van der Waals surface area contributed by atoms with E-state index in [0.717, 1.165) is 28.1 Å². The first-order valence-corrected chi connectivity index (χ1v) is 8.26. The molecule has 0 saturated heterocycles. The minimum atomic E-state index is -0.261. The van der Waals surface area contributed by atoms with Crippen LogP contribution in [0.3, 0.4) is 0 Å². The van der Waals surface area contributed by atoms with Gasteiger partial charge in [-0.1, -0.05) is 18.1 Å². The number of benzene rings is 2. The second-order valence-electron chi connectivity index (χ2n) is 5.97. The quantitative estimate of drug-likeness (QED) is 0.659. The van der Waals surface area contributed by atoms with Crippen molar-refractivity contribution < 1.29 is 9.13 Å². The predicted octanol–water partition coefficient (Wildman–Crippen LogP) is 3.86. The number of nitrogens with zero attached hydrogens (tertiary/aromatic N) is 2. The number of halogens is 1. The number of ether oxygens (including phenoxy) is 1. The van der Waals surface area contributed by atoms with Crippen LogP contribution in [0.2, 0.25) is 0 Å². The Hall–Kier alpha value is -3.10. The Kier molecular flexibility index (Phi) is 5.67. The Balaban J connectivity index is 1.77. The van der Waals surface area contributed by atoms with E-state index in [-0.39, 0.29) is 5.82 Å². The van der Waals surface area contributed by atoms with Crippen molar-refractivity contribution in [2.75, 3.05) is 13.7 Å². The van der Waals surface area contributed by atoms with Gasteiger partial charge in [-0.05, 0) is 42.0 Å². The van der Waals surface area contributed by atoms with Crippen molar-refractivity contribution in [2.45, 2.75) is 13.1 Å². The molecule has 1 aromatic heterocycles. The number of terminal acetylenes is 1. The molecule has 0 radical (unpaired) electrons. The fraction of sp³-hybridized carbons (Fsp3) is 0.190. The molecule has 2 aromatic carbocycles. The van der Waals surface area contributed by atoms with E-state index in [0.29, 0.717) is 19.6 Å². The first-order chi connectivity index (χ1) is 12.7. The van der Waals surface area contributed by atoms with Gasteiger partial charge in [0.05, 0.1) is 25.5 Å². The molecular weight excluding hydrogens is 329 g/mol. The number of aromatic nitrogens is 2. The molecule has 0 bridgehead atoms. The van der Waals surface area contributed by atoms with E-state index in [1.807, 2.05) is 24.3 Å². The van der Waals surface area contributed by atoms with Crippen molar-refractivity contribution >= 4 is 0 Å². The molecule has 0 amide bonds. The van der Waals surface area contributed by atoms with E-state index in [1.54, 1.807) is 25.4 Å². The standard InChI is InChI=1S/C21H20FN3O/c1-3-12-25(14-16-4-10-20(26-2)11-5-16)15-18-13-23-24-21(18)17-6-8-19(22)9-7-17/h1,4-11,13H,12,14-15H2,2H3,(H,23,24). The molecule has 0 aliphatic heterocycles. The highest BCUT2D eigenvalue weighted by Gasteiger charge is 2.13. The topological polar surface area (TPSA) is 41.1 Å². The molecule has 0 fully saturated rings. The molecule has 4 nitrogen and oxygen atoms in total. The van der Waals surface area contributed by atoms with Gasteiger partial charge in [0.1, 0.15) is 11.6 Å². The zero-order valence-electron chi connectivity index (χ0n) is 14.6. The van der Waals surface area contributed by atoms with Crippen LogP contribution in [-0.2, 0) is 13.1 Å². The van der Waals surface area contributed by atoms with Crippen LogP contribution < -0.4 is 4.74 Å². The average molecular weight is 349 g/mol. The fourth-order valence-corrected chi connectivity index (χ4v) is 2.82. The summed E-state index contributed by atoms with van der Waals surface area (Å²) >= 11 is 0. The molecule has 1 heterocycles.